The van der Waals surface area contributed by atoms with E-state index in [0.717, 1.165) is 23.0 Å². The number of hydrogen-bond acceptors (Lipinski definition) is 11. The van der Waals surface area contributed by atoms with Crippen LogP contribution in [0.1, 0.15) is 57.4 Å². The Hall–Kier alpha value is -6.71. The van der Waals surface area contributed by atoms with E-state index in [-0.39, 0.29) is 28.2 Å². The van der Waals surface area contributed by atoms with Crippen LogP contribution < -0.4 is 10.4 Å². The lowest BCUT2D eigenvalue weighted by Crippen LogP contribution is -2.67. The highest BCUT2D eigenvalue weighted by atomic mass is 32.2. The lowest BCUT2D eigenvalue weighted by Gasteiger charge is -2.43. The Bertz CT molecular complexity index is 2680. The molecule has 0 spiro atoms. The third-order valence-electron chi connectivity index (χ3n) is 11.5. The molecule has 14 heteroatoms. The van der Waals surface area contributed by atoms with Crippen molar-refractivity contribution in [2.45, 2.75) is 68.1 Å². The molecule has 6 aromatic carbocycles. The molecule has 1 amide bonds. The molecule has 0 unspecified atom stereocenters. The molecule has 1 saturated heterocycles. The van der Waals surface area contributed by atoms with Crippen molar-refractivity contribution in [3.05, 3.63) is 198 Å². The van der Waals surface area contributed by atoms with Crippen LogP contribution in [-0.2, 0) is 38.2 Å². The zero-order chi connectivity index (χ0) is 47.1. The Kier molecular flexibility index (Phi) is 14.5. The molecule has 66 heavy (non-hydrogen) atoms. The highest BCUT2D eigenvalue weighted by Gasteiger charge is 2.60. The van der Waals surface area contributed by atoms with E-state index < -0.39 is 77.7 Å². The second-order valence-corrected chi connectivity index (χ2v) is 23.0. The molecule has 0 N–H and O–H groups in total. The largest absolute Gasteiger partial charge is 0.467 e. The summed E-state index contributed by atoms with van der Waals surface area (Å²) in [6.45, 7) is 7.67. The van der Waals surface area contributed by atoms with E-state index in [1.807, 2.05) is 60.7 Å². The van der Waals surface area contributed by atoms with E-state index in [9.17, 15) is 19.2 Å². The lowest BCUT2D eigenvalue weighted by molar-refractivity contribution is -0.152. The molecule has 0 aromatic heterocycles. The quantitative estimate of drug-likeness (QED) is 0.0586. The number of sulfonamides is 1. The number of amides is 1. The van der Waals surface area contributed by atoms with Crippen molar-refractivity contribution in [1.82, 2.24) is 4.31 Å². The van der Waals surface area contributed by atoms with Gasteiger partial charge in [0.1, 0.15) is 12.2 Å². The van der Waals surface area contributed by atoms with Gasteiger partial charge in [0, 0.05) is 5.56 Å². The standard InChI is InChI=1S/C52H51NO11SSi/c1-36-31-33-40(34-32-36)65(58,59)53(48(54)37-21-11-6-12-22-37)44(51(57)60-5)46-47(64-50(56)39-25-15-8-16-26-39)45(63-49(55)38-23-13-7-14-24-38)43(62-46)35-61-66(52(2,3)4,41-27-17-9-18-28-41)42-29-19-10-20-30-42/h6-34,43-47H,35H2,1-5H3/t43-,44-,45-,46+,47-/m0/s1. The minimum Gasteiger partial charge on any atom is -0.467 e. The maximum Gasteiger partial charge on any atom is 0.338 e. The van der Waals surface area contributed by atoms with E-state index in [4.69, 9.17) is 23.4 Å². The van der Waals surface area contributed by atoms with Crippen LogP contribution in [0.25, 0.3) is 0 Å². The summed E-state index contributed by atoms with van der Waals surface area (Å²) in [5.41, 5.74) is 0.887. The van der Waals surface area contributed by atoms with Gasteiger partial charge < -0.3 is 23.4 Å². The van der Waals surface area contributed by atoms with Crippen LogP contribution in [0.4, 0.5) is 0 Å². The van der Waals surface area contributed by atoms with Gasteiger partial charge in [0.05, 0.1) is 29.7 Å². The van der Waals surface area contributed by atoms with Crippen LogP contribution in [0.5, 0.6) is 0 Å². The van der Waals surface area contributed by atoms with Crippen molar-refractivity contribution in [3.63, 3.8) is 0 Å². The Morgan fingerprint density at radius 3 is 1.48 bits per heavy atom. The molecular formula is C52H51NO11SSi. The number of aryl methyl sites for hydroxylation is 1. The van der Waals surface area contributed by atoms with Gasteiger partial charge in [-0.15, -0.1) is 0 Å². The SMILES string of the molecule is COC(=O)[C@H]([C@H]1O[C@@H](CO[Si](c2ccccc2)(c2ccccc2)C(C)(C)C)[C@H](OC(=O)c2ccccc2)[C@@H]1OC(=O)c1ccccc1)N(C(=O)c1ccccc1)S(=O)(=O)c1ccc(C)cc1. The van der Waals surface area contributed by atoms with Crippen molar-refractivity contribution in [1.29, 1.82) is 0 Å². The third-order valence-corrected chi connectivity index (χ3v) is 18.3. The molecular weight excluding hydrogens is 875 g/mol. The van der Waals surface area contributed by atoms with Gasteiger partial charge >= 0.3 is 17.9 Å². The third kappa shape index (κ3) is 9.77. The molecule has 5 atom stereocenters. The van der Waals surface area contributed by atoms with Gasteiger partial charge in [-0.25, -0.2) is 27.1 Å². The summed E-state index contributed by atoms with van der Waals surface area (Å²) in [7, 11) is -7.30. The second-order valence-electron chi connectivity index (χ2n) is 16.8. The summed E-state index contributed by atoms with van der Waals surface area (Å²) in [6.07, 6.45) is -6.50. The summed E-state index contributed by atoms with van der Waals surface area (Å²) < 4.78 is 62.6. The van der Waals surface area contributed by atoms with Gasteiger partial charge in [-0.05, 0) is 70.9 Å². The minimum absolute atomic E-state index is 0.0865. The number of esters is 3. The van der Waals surface area contributed by atoms with E-state index in [0.29, 0.717) is 4.31 Å². The predicted molar refractivity (Wildman–Crippen MR) is 250 cm³/mol. The molecule has 340 valence electrons. The van der Waals surface area contributed by atoms with Crippen molar-refractivity contribution in [3.8, 4) is 0 Å². The Labute approximate surface area is 386 Å². The average Bonchev–Trinajstić information content (AvgIpc) is 3.66. The van der Waals surface area contributed by atoms with Crippen LogP contribution in [-0.4, -0.2) is 89.0 Å². The smallest absolute Gasteiger partial charge is 0.338 e. The van der Waals surface area contributed by atoms with E-state index in [1.54, 1.807) is 85.8 Å². The summed E-state index contributed by atoms with van der Waals surface area (Å²) in [5.74, 6) is -4.06. The van der Waals surface area contributed by atoms with Gasteiger partial charge in [0.25, 0.3) is 24.2 Å². The first-order valence-corrected chi connectivity index (χ1v) is 24.7. The summed E-state index contributed by atoms with van der Waals surface area (Å²) in [6, 6.07) is 46.7. The van der Waals surface area contributed by atoms with Crippen LogP contribution in [0, 0.1) is 6.92 Å². The first kappa shape index (κ1) is 47.3. The average molecular weight is 926 g/mol. The summed E-state index contributed by atoms with van der Waals surface area (Å²) in [5, 5.41) is 1.29. The molecule has 0 saturated carbocycles. The Balaban J connectivity index is 1.44. The number of carbonyl (C=O) groups is 4. The lowest BCUT2D eigenvalue weighted by atomic mass is 10.0. The van der Waals surface area contributed by atoms with Crippen LogP contribution in [0.2, 0.25) is 5.04 Å². The molecule has 0 aliphatic carbocycles. The van der Waals surface area contributed by atoms with Gasteiger partial charge in [-0.3, -0.25) is 4.79 Å². The maximum atomic E-state index is 15.1. The maximum absolute atomic E-state index is 15.1. The zero-order valence-corrected chi connectivity index (χ0v) is 39.0. The molecule has 6 aromatic rings. The number of nitrogens with zero attached hydrogens (tertiary/aromatic N) is 1. The van der Waals surface area contributed by atoms with Crippen molar-refractivity contribution >= 4 is 52.5 Å². The molecule has 1 fully saturated rings. The first-order valence-electron chi connectivity index (χ1n) is 21.4. The number of benzene rings is 6. The fourth-order valence-corrected chi connectivity index (χ4v) is 14.4. The molecule has 7 rings (SSSR count). The molecule has 1 aliphatic rings. The summed E-state index contributed by atoms with van der Waals surface area (Å²) >= 11 is 0. The Morgan fingerprint density at radius 2 is 1.05 bits per heavy atom. The van der Waals surface area contributed by atoms with E-state index >= 15 is 8.42 Å². The second kappa shape index (κ2) is 20.2. The molecule has 0 radical (unpaired) electrons. The highest BCUT2D eigenvalue weighted by molar-refractivity contribution is 7.89. The van der Waals surface area contributed by atoms with Crippen molar-refractivity contribution in [2.75, 3.05) is 13.7 Å². The van der Waals surface area contributed by atoms with Crippen LogP contribution >= 0.6 is 0 Å². The van der Waals surface area contributed by atoms with Gasteiger partial charge in [0.2, 0.25) is 0 Å². The van der Waals surface area contributed by atoms with Gasteiger partial charge in [-0.1, -0.05) is 154 Å². The number of rotatable bonds is 15. The van der Waals surface area contributed by atoms with Crippen LogP contribution in [0.3, 0.4) is 0 Å². The van der Waals surface area contributed by atoms with Gasteiger partial charge in [-0.2, -0.15) is 0 Å². The van der Waals surface area contributed by atoms with Crippen molar-refractivity contribution < 1.29 is 51.0 Å². The predicted octanol–water partition coefficient (Wildman–Crippen LogP) is 7.16. The number of ether oxygens (including phenoxy) is 4. The normalized spacial score (nSPS) is 17.8. The molecule has 1 aliphatic heterocycles. The minimum atomic E-state index is -4.96. The number of carbonyl (C=O) groups excluding carboxylic acids is 4. The fourth-order valence-electron chi connectivity index (χ4n) is 8.32. The fraction of sp³-hybridized carbons (Fsp3) is 0.231. The van der Waals surface area contributed by atoms with Crippen LogP contribution in [0.15, 0.2) is 181 Å². The van der Waals surface area contributed by atoms with Gasteiger partial charge in [0.15, 0.2) is 18.2 Å². The highest BCUT2D eigenvalue weighted by Crippen LogP contribution is 2.40. The van der Waals surface area contributed by atoms with E-state index in [1.165, 1.54) is 36.4 Å². The number of hydrogen-bond donors (Lipinski definition) is 0. The molecule has 0 bridgehead atoms. The van der Waals surface area contributed by atoms with Crippen molar-refractivity contribution in [2.24, 2.45) is 0 Å². The molecule has 12 nitrogen and oxygen atoms in total. The van der Waals surface area contributed by atoms with E-state index in [2.05, 4.69) is 20.8 Å². The first-order chi connectivity index (χ1) is 31.7. The zero-order valence-electron chi connectivity index (χ0n) is 37.2. The number of methoxy groups -OCH3 is 1. The molecule has 1 heterocycles. The Morgan fingerprint density at radius 1 is 0.621 bits per heavy atom. The monoisotopic (exact) mass is 925 g/mol. The summed E-state index contributed by atoms with van der Waals surface area (Å²) in [4.78, 5) is 57.6. The topological polar surface area (TPSA) is 152 Å².